The number of nitrogens with one attached hydrogen (secondary N) is 3. The van der Waals surface area contributed by atoms with Gasteiger partial charge in [0.05, 0.1) is 11.3 Å². The minimum atomic E-state index is -0.447. The fraction of sp³-hybridized carbons (Fsp3) is 0.333. The number of fused-ring (bicyclic) bond motifs is 1. The maximum atomic E-state index is 11.9. The van der Waals surface area contributed by atoms with Crippen LogP contribution in [0.15, 0.2) is 40.1 Å². The van der Waals surface area contributed by atoms with Crippen LogP contribution in [0.2, 0.25) is 0 Å². The molecule has 9 heteroatoms. The number of carbonyl (C=O) groups is 2. The first-order valence-electron chi connectivity index (χ1n) is 8.82. The lowest BCUT2D eigenvalue weighted by Gasteiger charge is -2.11. The zero-order valence-corrected chi connectivity index (χ0v) is 15.3. The van der Waals surface area contributed by atoms with E-state index in [9.17, 15) is 9.59 Å². The zero-order valence-electron chi connectivity index (χ0n) is 14.5. The number of benzene rings is 1. The van der Waals surface area contributed by atoms with Crippen LogP contribution >= 0.6 is 11.8 Å². The molecule has 3 amide bonds. The standard InChI is InChI=1S/C18H19N5O3S/c24-15(21-17(25)20-11-5-1-2-6-11)10-27-18-23-22-16(26-18)13-9-19-14-8-4-3-7-12(13)14/h3-4,7-9,11,19H,1-2,5-6,10H2,(H2,20,21,24,25). The molecule has 0 aliphatic heterocycles. The number of aromatic amines is 1. The van der Waals surface area contributed by atoms with Crippen molar-refractivity contribution < 1.29 is 14.0 Å². The number of carbonyl (C=O) groups excluding carboxylic acids is 2. The van der Waals surface area contributed by atoms with Crippen LogP contribution in [0.25, 0.3) is 22.4 Å². The third kappa shape index (κ3) is 4.13. The molecule has 1 fully saturated rings. The van der Waals surface area contributed by atoms with Crippen LogP contribution in [0.3, 0.4) is 0 Å². The Hall–Kier alpha value is -2.81. The van der Waals surface area contributed by atoms with E-state index in [1.54, 1.807) is 0 Å². The minimum Gasteiger partial charge on any atom is -0.411 e. The van der Waals surface area contributed by atoms with Crippen LogP contribution in [0.1, 0.15) is 25.7 Å². The topological polar surface area (TPSA) is 113 Å². The fourth-order valence-electron chi connectivity index (χ4n) is 3.21. The summed E-state index contributed by atoms with van der Waals surface area (Å²) in [6.07, 6.45) is 5.98. The van der Waals surface area contributed by atoms with E-state index in [2.05, 4.69) is 25.8 Å². The van der Waals surface area contributed by atoms with Crippen molar-refractivity contribution in [2.75, 3.05) is 5.75 Å². The number of nitrogens with zero attached hydrogens (tertiary/aromatic N) is 2. The molecular weight excluding hydrogens is 366 g/mol. The maximum absolute atomic E-state index is 11.9. The SMILES string of the molecule is O=C(CSc1nnc(-c2c[nH]c3ccccc23)o1)NC(=O)NC1CCCC1. The van der Waals surface area contributed by atoms with Gasteiger partial charge in [-0.05, 0) is 18.9 Å². The molecule has 0 atom stereocenters. The highest BCUT2D eigenvalue weighted by molar-refractivity contribution is 7.99. The first-order chi connectivity index (χ1) is 13.2. The molecule has 1 aliphatic rings. The molecule has 3 N–H and O–H groups in total. The number of H-pyrrole nitrogens is 1. The molecule has 27 heavy (non-hydrogen) atoms. The van der Waals surface area contributed by atoms with Crippen LogP contribution < -0.4 is 10.6 Å². The Bertz CT molecular complexity index is 961. The molecule has 0 unspecified atom stereocenters. The van der Waals surface area contributed by atoms with E-state index in [-0.39, 0.29) is 17.0 Å². The lowest BCUT2D eigenvalue weighted by molar-refractivity contribution is -0.117. The average Bonchev–Trinajstić information content (AvgIpc) is 3.40. The van der Waals surface area contributed by atoms with E-state index in [4.69, 9.17) is 4.42 Å². The molecule has 0 radical (unpaired) electrons. The van der Waals surface area contributed by atoms with Crippen LogP contribution in [-0.4, -0.2) is 38.9 Å². The third-order valence-corrected chi connectivity index (χ3v) is 5.31. The molecular formula is C18H19N5O3S. The van der Waals surface area contributed by atoms with Crippen LogP contribution in [0.5, 0.6) is 0 Å². The number of hydrogen-bond donors (Lipinski definition) is 3. The first kappa shape index (κ1) is 17.6. The van der Waals surface area contributed by atoms with E-state index < -0.39 is 11.9 Å². The molecule has 2 heterocycles. The summed E-state index contributed by atoms with van der Waals surface area (Å²) in [5.41, 5.74) is 1.79. The van der Waals surface area contributed by atoms with Gasteiger partial charge in [-0.25, -0.2) is 4.79 Å². The number of aromatic nitrogens is 3. The molecule has 3 aromatic rings. The van der Waals surface area contributed by atoms with Gasteiger partial charge in [-0.1, -0.05) is 42.8 Å². The summed E-state index contributed by atoms with van der Waals surface area (Å²) < 4.78 is 5.64. The van der Waals surface area contributed by atoms with Gasteiger partial charge in [0, 0.05) is 23.1 Å². The van der Waals surface area contributed by atoms with E-state index in [1.165, 1.54) is 0 Å². The zero-order chi connectivity index (χ0) is 18.6. The highest BCUT2D eigenvalue weighted by atomic mass is 32.2. The van der Waals surface area contributed by atoms with E-state index in [1.807, 2.05) is 30.5 Å². The molecule has 1 aromatic carbocycles. The van der Waals surface area contributed by atoms with Crippen molar-refractivity contribution in [3.63, 3.8) is 0 Å². The Balaban J connectivity index is 1.31. The van der Waals surface area contributed by atoms with Crippen molar-refractivity contribution in [2.45, 2.75) is 36.9 Å². The van der Waals surface area contributed by atoms with Crippen LogP contribution in [-0.2, 0) is 4.79 Å². The third-order valence-electron chi connectivity index (χ3n) is 4.50. The normalized spacial score (nSPS) is 14.5. The van der Waals surface area contributed by atoms with Crippen molar-refractivity contribution in [2.24, 2.45) is 0 Å². The Labute approximate surface area is 159 Å². The summed E-state index contributed by atoms with van der Waals surface area (Å²) in [6, 6.07) is 7.53. The first-order valence-corrected chi connectivity index (χ1v) is 9.81. The molecule has 140 valence electrons. The summed E-state index contributed by atoms with van der Waals surface area (Å²) >= 11 is 1.09. The van der Waals surface area contributed by atoms with Gasteiger partial charge >= 0.3 is 6.03 Å². The quantitative estimate of drug-likeness (QED) is 0.582. The Morgan fingerprint density at radius 2 is 2.04 bits per heavy atom. The minimum absolute atomic E-state index is 0.0214. The summed E-state index contributed by atoms with van der Waals surface area (Å²) in [6.45, 7) is 0. The Kier molecular flexibility index (Phi) is 5.10. The van der Waals surface area contributed by atoms with Crippen molar-refractivity contribution in [1.82, 2.24) is 25.8 Å². The van der Waals surface area contributed by atoms with Crippen LogP contribution in [0.4, 0.5) is 4.79 Å². The lowest BCUT2D eigenvalue weighted by Crippen LogP contribution is -2.44. The van der Waals surface area contributed by atoms with E-state index in [0.29, 0.717) is 5.89 Å². The molecule has 1 aliphatic carbocycles. The number of thioether (sulfide) groups is 1. The predicted octanol–water partition coefficient (Wildman–Crippen LogP) is 3.08. The summed E-state index contributed by atoms with van der Waals surface area (Å²) in [4.78, 5) is 26.9. The number of urea groups is 1. The Morgan fingerprint density at radius 3 is 2.89 bits per heavy atom. The monoisotopic (exact) mass is 385 g/mol. The summed E-state index contributed by atoms with van der Waals surface area (Å²) in [7, 11) is 0. The number of hydrogen-bond acceptors (Lipinski definition) is 6. The molecule has 0 saturated heterocycles. The smallest absolute Gasteiger partial charge is 0.321 e. The fourth-order valence-corrected chi connectivity index (χ4v) is 3.77. The number of amides is 3. The highest BCUT2D eigenvalue weighted by Gasteiger charge is 2.19. The van der Waals surface area contributed by atoms with E-state index >= 15 is 0 Å². The molecule has 2 aromatic heterocycles. The maximum Gasteiger partial charge on any atom is 0.321 e. The molecule has 1 saturated carbocycles. The molecule has 4 rings (SSSR count). The highest BCUT2D eigenvalue weighted by Crippen LogP contribution is 2.29. The molecule has 8 nitrogen and oxygen atoms in total. The van der Waals surface area contributed by atoms with Crippen molar-refractivity contribution in [1.29, 1.82) is 0 Å². The molecule has 0 bridgehead atoms. The van der Waals surface area contributed by atoms with Crippen molar-refractivity contribution >= 4 is 34.6 Å². The van der Waals surface area contributed by atoms with Gasteiger partial charge in [0.25, 0.3) is 11.1 Å². The summed E-state index contributed by atoms with van der Waals surface area (Å²) in [5.74, 6) is 0.00447. The Morgan fingerprint density at radius 1 is 1.22 bits per heavy atom. The van der Waals surface area contributed by atoms with Gasteiger partial charge < -0.3 is 14.7 Å². The van der Waals surface area contributed by atoms with Gasteiger partial charge in [0.2, 0.25) is 5.91 Å². The van der Waals surface area contributed by atoms with Crippen molar-refractivity contribution in [3.05, 3.63) is 30.5 Å². The number of rotatable bonds is 5. The second-order valence-corrected chi connectivity index (χ2v) is 7.34. The average molecular weight is 385 g/mol. The second kappa shape index (κ2) is 7.83. The summed E-state index contributed by atoms with van der Waals surface area (Å²) in [5, 5.41) is 14.4. The number of imide groups is 1. The van der Waals surface area contributed by atoms with Gasteiger partial charge in [0.15, 0.2) is 0 Å². The van der Waals surface area contributed by atoms with Gasteiger partial charge in [-0.2, -0.15) is 0 Å². The lowest BCUT2D eigenvalue weighted by atomic mass is 10.2. The predicted molar refractivity (Wildman–Crippen MR) is 101 cm³/mol. The number of para-hydroxylation sites is 1. The van der Waals surface area contributed by atoms with Crippen LogP contribution in [0, 0.1) is 0 Å². The van der Waals surface area contributed by atoms with Gasteiger partial charge in [-0.3, -0.25) is 10.1 Å². The van der Waals surface area contributed by atoms with E-state index in [0.717, 1.165) is 53.9 Å². The molecule has 0 spiro atoms. The van der Waals surface area contributed by atoms with Gasteiger partial charge in [-0.15, -0.1) is 10.2 Å². The largest absolute Gasteiger partial charge is 0.411 e. The van der Waals surface area contributed by atoms with Gasteiger partial charge in [0.1, 0.15) is 0 Å². The second-order valence-electron chi connectivity index (χ2n) is 6.41. The van der Waals surface area contributed by atoms with Crippen molar-refractivity contribution in [3.8, 4) is 11.5 Å².